The van der Waals surface area contributed by atoms with E-state index in [-0.39, 0.29) is 6.61 Å². The molecule has 0 atom stereocenters. The fourth-order valence-electron chi connectivity index (χ4n) is 2.68. The highest BCUT2D eigenvalue weighted by molar-refractivity contribution is 5.72. The van der Waals surface area contributed by atoms with E-state index in [1.165, 1.54) is 0 Å². The summed E-state index contributed by atoms with van der Waals surface area (Å²) in [5.74, 6) is 0. The van der Waals surface area contributed by atoms with Gasteiger partial charge >= 0.3 is 6.09 Å². The van der Waals surface area contributed by atoms with Crippen molar-refractivity contribution in [1.29, 1.82) is 0 Å². The maximum Gasteiger partial charge on any atom is 0.407 e. The molecule has 0 aliphatic heterocycles. The molecule has 3 rings (SSSR count). The number of alkyl carbamates (subject to hydrolysis) is 1. The number of carbonyl (C=O) groups excluding carboxylic acids is 1. The first-order valence-corrected chi connectivity index (χ1v) is 9.33. The Morgan fingerprint density at radius 3 is 2.32 bits per heavy atom. The monoisotopic (exact) mass is 372 g/mol. The normalized spacial score (nSPS) is 10.6. The zero-order valence-electron chi connectivity index (χ0n) is 15.7. The molecular formula is C24H24N2O2. The predicted molar refractivity (Wildman–Crippen MR) is 114 cm³/mol. The molecule has 3 aromatic rings. The van der Waals surface area contributed by atoms with Crippen molar-refractivity contribution < 1.29 is 9.53 Å². The topological polar surface area (TPSA) is 50.4 Å². The third-order valence-electron chi connectivity index (χ3n) is 4.10. The van der Waals surface area contributed by atoms with Crippen molar-refractivity contribution in [3.05, 3.63) is 102 Å². The van der Waals surface area contributed by atoms with Crippen molar-refractivity contribution in [2.24, 2.45) is 0 Å². The van der Waals surface area contributed by atoms with E-state index in [0.717, 1.165) is 28.9 Å². The fourth-order valence-corrected chi connectivity index (χ4v) is 2.68. The minimum atomic E-state index is -0.400. The van der Waals surface area contributed by atoms with Gasteiger partial charge in [0.05, 0.1) is 0 Å². The van der Waals surface area contributed by atoms with Crippen LogP contribution in [-0.2, 0) is 11.3 Å². The van der Waals surface area contributed by atoms with Gasteiger partial charge in [0.1, 0.15) is 6.61 Å². The van der Waals surface area contributed by atoms with Crippen LogP contribution >= 0.6 is 0 Å². The highest BCUT2D eigenvalue weighted by atomic mass is 16.5. The number of nitrogens with one attached hydrogen (secondary N) is 2. The van der Waals surface area contributed by atoms with Crippen LogP contribution in [0.25, 0.3) is 6.08 Å². The lowest BCUT2D eigenvalue weighted by molar-refractivity contribution is 0.140. The van der Waals surface area contributed by atoms with Crippen molar-refractivity contribution >= 4 is 23.5 Å². The fraction of sp³-hybridized carbons (Fsp3) is 0.125. The molecule has 0 aliphatic rings. The Morgan fingerprint density at radius 2 is 1.54 bits per heavy atom. The standard InChI is InChI=1S/C24H24N2O2/c27-24(28-19-20-11-3-1-4-12-20)25-18-10-9-14-21-13-7-8-17-23(21)26-22-15-5-2-6-16-22/h1-9,11-17,26H,10,18-19H2,(H,25,27). The van der Waals surface area contributed by atoms with E-state index in [1.54, 1.807) is 0 Å². The molecule has 0 spiro atoms. The number of rotatable bonds is 8. The van der Waals surface area contributed by atoms with Crippen LogP contribution in [0, 0.1) is 0 Å². The quantitative estimate of drug-likeness (QED) is 0.494. The molecule has 0 bridgehead atoms. The van der Waals surface area contributed by atoms with Crippen LogP contribution in [0.5, 0.6) is 0 Å². The van der Waals surface area contributed by atoms with Crippen molar-refractivity contribution in [3.8, 4) is 0 Å². The van der Waals surface area contributed by atoms with E-state index < -0.39 is 6.09 Å². The molecule has 0 saturated carbocycles. The molecule has 28 heavy (non-hydrogen) atoms. The Bertz CT molecular complexity index is 893. The van der Waals surface area contributed by atoms with E-state index in [1.807, 2.05) is 84.9 Å². The Hall–Kier alpha value is -3.53. The molecule has 3 aromatic carbocycles. The lowest BCUT2D eigenvalue weighted by Gasteiger charge is -2.09. The smallest absolute Gasteiger partial charge is 0.407 e. The molecule has 0 saturated heterocycles. The van der Waals surface area contributed by atoms with Gasteiger partial charge in [0.25, 0.3) is 0 Å². The zero-order chi connectivity index (χ0) is 19.4. The first-order chi connectivity index (χ1) is 13.8. The maximum atomic E-state index is 11.7. The van der Waals surface area contributed by atoms with Gasteiger partial charge in [0.15, 0.2) is 0 Å². The lowest BCUT2D eigenvalue weighted by Crippen LogP contribution is -2.24. The Morgan fingerprint density at radius 1 is 0.857 bits per heavy atom. The van der Waals surface area contributed by atoms with Crippen molar-refractivity contribution in [2.45, 2.75) is 13.0 Å². The van der Waals surface area contributed by atoms with E-state index in [4.69, 9.17) is 4.74 Å². The molecular weight excluding hydrogens is 348 g/mol. The van der Waals surface area contributed by atoms with Crippen LogP contribution in [0.15, 0.2) is 91.0 Å². The average molecular weight is 372 g/mol. The third kappa shape index (κ3) is 6.32. The molecule has 2 N–H and O–H groups in total. The van der Waals surface area contributed by atoms with Gasteiger partial charge in [-0.15, -0.1) is 0 Å². The molecule has 0 heterocycles. The minimum Gasteiger partial charge on any atom is -0.445 e. The number of carbonyl (C=O) groups is 1. The molecule has 0 radical (unpaired) electrons. The van der Waals surface area contributed by atoms with Gasteiger partial charge in [0.2, 0.25) is 0 Å². The highest BCUT2D eigenvalue weighted by Gasteiger charge is 2.01. The molecule has 4 heteroatoms. The summed E-state index contributed by atoms with van der Waals surface area (Å²) in [4.78, 5) is 11.7. The van der Waals surface area contributed by atoms with Gasteiger partial charge in [-0.2, -0.15) is 0 Å². The Labute approximate surface area is 165 Å². The van der Waals surface area contributed by atoms with Gasteiger partial charge in [-0.3, -0.25) is 0 Å². The number of hydrogen-bond donors (Lipinski definition) is 2. The largest absolute Gasteiger partial charge is 0.445 e. The summed E-state index contributed by atoms with van der Waals surface area (Å²) in [5, 5.41) is 6.19. The Kier molecular flexibility index (Phi) is 7.27. The average Bonchev–Trinajstić information content (AvgIpc) is 2.74. The minimum absolute atomic E-state index is 0.279. The summed E-state index contributed by atoms with van der Waals surface area (Å²) in [5.41, 5.74) is 4.16. The van der Waals surface area contributed by atoms with Crippen molar-refractivity contribution in [3.63, 3.8) is 0 Å². The number of ether oxygens (including phenoxy) is 1. The molecule has 0 unspecified atom stereocenters. The van der Waals surface area contributed by atoms with E-state index in [2.05, 4.69) is 22.8 Å². The third-order valence-corrected chi connectivity index (χ3v) is 4.10. The number of para-hydroxylation sites is 2. The first kappa shape index (κ1) is 19.2. The summed E-state index contributed by atoms with van der Waals surface area (Å²) in [7, 11) is 0. The van der Waals surface area contributed by atoms with Gasteiger partial charge < -0.3 is 15.4 Å². The number of hydrogen-bond acceptors (Lipinski definition) is 3. The molecule has 142 valence electrons. The van der Waals surface area contributed by atoms with Gasteiger partial charge in [-0.05, 0) is 35.7 Å². The van der Waals surface area contributed by atoms with Crippen molar-refractivity contribution in [2.75, 3.05) is 11.9 Å². The summed E-state index contributed by atoms with van der Waals surface area (Å²) in [6.45, 7) is 0.805. The van der Waals surface area contributed by atoms with E-state index >= 15 is 0 Å². The highest BCUT2D eigenvalue weighted by Crippen LogP contribution is 2.21. The van der Waals surface area contributed by atoms with E-state index in [9.17, 15) is 4.79 Å². The first-order valence-electron chi connectivity index (χ1n) is 9.33. The molecule has 0 fully saturated rings. The van der Waals surface area contributed by atoms with Crippen LogP contribution in [0.3, 0.4) is 0 Å². The second-order valence-electron chi connectivity index (χ2n) is 6.26. The van der Waals surface area contributed by atoms with Crippen molar-refractivity contribution in [1.82, 2.24) is 5.32 Å². The second-order valence-corrected chi connectivity index (χ2v) is 6.26. The summed E-state index contributed by atoms with van der Waals surface area (Å²) >= 11 is 0. The molecule has 0 aliphatic carbocycles. The second kappa shape index (κ2) is 10.6. The predicted octanol–water partition coefficient (Wildman–Crippen LogP) is 5.76. The number of benzene rings is 3. The molecule has 4 nitrogen and oxygen atoms in total. The van der Waals surface area contributed by atoms with Crippen LogP contribution in [0.2, 0.25) is 0 Å². The summed E-state index contributed by atoms with van der Waals surface area (Å²) in [6.07, 6.45) is 4.43. The van der Waals surface area contributed by atoms with Gasteiger partial charge in [-0.1, -0.05) is 78.9 Å². The Balaban J connectivity index is 1.43. The summed E-state index contributed by atoms with van der Waals surface area (Å²) < 4.78 is 5.19. The summed E-state index contributed by atoms with van der Waals surface area (Å²) in [6, 6.07) is 27.8. The number of anilines is 2. The van der Waals surface area contributed by atoms with Crippen LogP contribution < -0.4 is 10.6 Å². The molecule has 0 aromatic heterocycles. The SMILES string of the molecule is O=C(NCCC=Cc1ccccc1Nc1ccccc1)OCc1ccccc1. The maximum absolute atomic E-state index is 11.7. The number of amides is 1. The molecule has 1 amide bonds. The van der Waals surface area contributed by atoms with E-state index in [0.29, 0.717) is 6.54 Å². The van der Waals surface area contributed by atoms with Crippen LogP contribution in [0.1, 0.15) is 17.5 Å². The van der Waals surface area contributed by atoms with Crippen LogP contribution in [0.4, 0.5) is 16.2 Å². The van der Waals surface area contributed by atoms with Crippen LogP contribution in [-0.4, -0.2) is 12.6 Å². The lowest BCUT2D eigenvalue weighted by atomic mass is 10.1. The van der Waals surface area contributed by atoms with Gasteiger partial charge in [-0.25, -0.2) is 4.79 Å². The zero-order valence-corrected chi connectivity index (χ0v) is 15.7. The van der Waals surface area contributed by atoms with Gasteiger partial charge in [0, 0.05) is 17.9 Å².